The number of ketones is 2. The zero-order chi connectivity index (χ0) is 36.7. The van der Waals surface area contributed by atoms with Gasteiger partial charge in [-0.05, 0) is 69.0 Å². The van der Waals surface area contributed by atoms with Crippen molar-refractivity contribution in [1.29, 1.82) is 0 Å². The van der Waals surface area contributed by atoms with Crippen molar-refractivity contribution >= 4 is 11.6 Å². The number of hydrogen-bond acceptors (Lipinski definition) is 11. The van der Waals surface area contributed by atoms with Crippen LogP contribution in [0.2, 0.25) is 0 Å². The predicted octanol–water partition coefficient (Wildman–Crippen LogP) is 7.48. The van der Waals surface area contributed by atoms with Crippen molar-refractivity contribution in [1.82, 2.24) is 0 Å². The number of rotatable bonds is 8. The van der Waals surface area contributed by atoms with Gasteiger partial charge in [0.15, 0.2) is 11.6 Å². The summed E-state index contributed by atoms with van der Waals surface area (Å²) in [7, 11) is 0. The third-order valence-electron chi connectivity index (χ3n) is 9.59. The second kappa shape index (κ2) is 13.7. The highest BCUT2D eigenvalue weighted by Gasteiger charge is 2.45. The first-order chi connectivity index (χ1) is 24.2. The molecule has 0 saturated carbocycles. The first kappa shape index (κ1) is 34.8. The molecule has 0 radical (unpaired) electrons. The van der Waals surface area contributed by atoms with Crippen molar-refractivity contribution < 1.29 is 55.2 Å². The highest BCUT2D eigenvalue weighted by atomic mass is 16.5. The first-order valence-electron chi connectivity index (χ1n) is 16.4. The minimum atomic E-state index is -1.20. The van der Waals surface area contributed by atoms with Crippen molar-refractivity contribution in [3.05, 3.63) is 112 Å². The number of aromatic hydroxyl groups is 8. The van der Waals surface area contributed by atoms with Crippen LogP contribution >= 0.6 is 0 Å². The predicted molar refractivity (Wildman–Crippen MR) is 186 cm³/mol. The maximum absolute atomic E-state index is 14.6. The van der Waals surface area contributed by atoms with Gasteiger partial charge in [-0.15, -0.1) is 0 Å². The smallest absolute Gasteiger partial charge is 0.174 e. The molecule has 6 rings (SSSR count). The summed E-state index contributed by atoms with van der Waals surface area (Å²) < 4.78 is 6.01. The van der Waals surface area contributed by atoms with E-state index in [-0.39, 0.29) is 69.6 Å². The van der Waals surface area contributed by atoms with E-state index in [2.05, 4.69) is 0 Å². The van der Waals surface area contributed by atoms with Crippen LogP contribution in [0.15, 0.2) is 84.0 Å². The Balaban J connectivity index is 1.54. The van der Waals surface area contributed by atoms with Crippen LogP contribution in [-0.2, 0) is 0 Å². The van der Waals surface area contributed by atoms with Crippen LogP contribution in [0.1, 0.15) is 94.9 Å². The SMILES string of the molecule is CC(C)=CCCC1=CC(c2c(O)cc3c(c2O)C(=O)CC(c2ccc(O)cc2O)O3)[C@H](C(=O)c2ccc(O)cc2O)[C@@H](c2ccc(O)cc2O)C1. The van der Waals surface area contributed by atoms with Gasteiger partial charge < -0.3 is 45.6 Å². The molecule has 4 atom stereocenters. The monoisotopic (exact) mass is 694 g/mol. The highest BCUT2D eigenvalue weighted by Crippen LogP contribution is 2.56. The van der Waals surface area contributed by atoms with E-state index in [1.54, 1.807) is 6.08 Å². The maximum atomic E-state index is 14.6. The van der Waals surface area contributed by atoms with Crippen molar-refractivity contribution in [2.24, 2.45) is 5.92 Å². The Morgan fingerprint density at radius 2 is 1.37 bits per heavy atom. The Kier molecular flexibility index (Phi) is 9.31. The number of ether oxygens (including phenoxy) is 1. The molecule has 1 aliphatic heterocycles. The van der Waals surface area contributed by atoms with Crippen LogP contribution in [0.3, 0.4) is 0 Å². The number of carbonyl (C=O) groups excluding carboxylic acids is 2. The lowest BCUT2D eigenvalue weighted by Gasteiger charge is -2.38. The summed E-state index contributed by atoms with van der Waals surface area (Å²) in [5, 5.41) is 85.6. The molecule has 0 fully saturated rings. The van der Waals surface area contributed by atoms with Crippen LogP contribution in [0, 0.1) is 5.92 Å². The second-order valence-corrected chi connectivity index (χ2v) is 13.3. The van der Waals surface area contributed by atoms with Crippen LogP contribution in [-0.4, -0.2) is 52.4 Å². The van der Waals surface area contributed by atoms with Gasteiger partial charge in [0.2, 0.25) is 0 Å². The topological polar surface area (TPSA) is 205 Å². The van der Waals surface area contributed by atoms with E-state index in [1.165, 1.54) is 42.5 Å². The number of benzene rings is 4. The van der Waals surface area contributed by atoms with Gasteiger partial charge in [0.1, 0.15) is 63.4 Å². The Morgan fingerprint density at radius 1 is 0.765 bits per heavy atom. The van der Waals surface area contributed by atoms with Crippen molar-refractivity contribution in [3.63, 3.8) is 0 Å². The molecule has 0 amide bonds. The van der Waals surface area contributed by atoms with E-state index in [1.807, 2.05) is 19.9 Å². The number of hydrogen-bond donors (Lipinski definition) is 8. The Bertz CT molecular complexity index is 2110. The van der Waals surface area contributed by atoms with E-state index in [0.717, 1.165) is 29.3 Å². The molecule has 4 aromatic rings. The minimum absolute atomic E-state index is 0.143. The van der Waals surface area contributed by atoms with E-state index < -0.39 is 52.7 Å². The fourth-order valence-corrected chi connectivity index (χ4v) is 7.26. The Labute approximate surface area is 293 Å². The van der Waals surface area contributed by atoms with Gasteiger partial charge in [0.05, 0.1) is 12.0 Å². The van der Waals surface area contributed by atoms with E-state index >= 15 is 0 Å². The molecular weight excluding hydrogens is 656 g/mol. The molecule has 1 heterocycles. The second-order valence-electron chi connectivity index (χ2n) is 13.3. The van der Waals surface area contributed by atoms with Gasteiger partial charge in [0.25, 0.3) is 0 Å². The number of allylic oxidation sites excluding steroid dienone is 4. The fraction of sp³-hybridized carbons (Fsp3) is 0.250. The summed E-state index contributed by atoms with van der Waals surface area (Å²) >= 11 is 0. The van der Waals surface area contributed by atoms with Gasteiger partial charge in [-0.25, -0.2) is 0 Å². The van der Waals surface area contributed by atoms with Crippen molar-refractivity contribution in [3.8, 4) is 51.7 Å². The van der Waals surface area contributed by atoms with Crippen LogP contribution in [0.4, 0.5) is 0 Å². The summed E-state index contributed by atoms with van der Waals surface area (Å²) in [5.74, 6) is -7.36. The average molecular weight is 695 g/mol. The Morgan fingerprint density at radius 3 is 1.98 bits per heavy atom. The van der Waals surface area contributed by atoms with Gasteiger partial charge in [0, 0.05) is 53.1 Å². The molecule has 11 nitrogen and oxygen atoms in total. The summed E-state index contributed by atoms with van der Waals surface area (Å²) in [6.45, 7) is 3.92. The molecule has 2 aliphatic rings. The number of fused-ring (bicyclic) bond motifs is 1. The Hall–Kier alpha value is -6.10. The van der Waals surface area contributed by atoms with Crippen molar-refractivity contribution in [2.75, 3.05) is 0 Å². The lowest BCUT2D eigenvalue weighted by Crippen LogP contribution is -2.32. The van der Waals surface area contributed by atoms with Gasteiger partial charge in [-0.3, -0.25) is 9.59 Å². The first-order valence-corrected chi connectivity index (χ1v) is 16.4. The quantitative estimate of drug-likeness (QED) is 0.0670. The van der Waals surface area contributed by atoms with E-state index in [4.69, 9.17) is 4.74 Å². The summed E-state index contributed by atoms with van der Waals surface area (Å²) in [6.07, 6.45) is 3.92. The lowest BCUT2D eigenvalue weighted by atomic mass is 9.64. The van der Waals surface area contributed by atoms with E-state index in [0.29, 0.717) is 18.4 Å². The average Bonchev–Trinajstić information content (AvgIpc) is 3.04. The standard InChI is InChI=1S/C40H38O11/c1-19(2)4-3-5-20-12-27(24-9-6-21(41)14-29(24)44)36(39(49)26-11-8-23(43)16-31(26)46)28(13-20)37-32(47)18-35-38(40(37)50)33(48)17-34(51-35)25-10-7-22(42)15-30(25)45/h4,6-11,13-16,18,27-28,34,36,41-47,50H,3,5,12,17H2,1-2H3/t27-,28?,34?,36-/m1/s1. The zero-order valence-electron chi connectivity index (χ0n) is 27.9. The van der Waals surface area contributed by atoms with Gasteiger partial charge in [-0.1, -0.05) is 29.4 Å². The van der Waals surface area contributed by atoms with Crippen LogP contribution < -0.4 is 4.74 Å². The minimum Gasteiger partial charge on any atom is -0.508 e. The van der Waals surface area contributed by atoms with Gasteiger partial charge in [-0.2, -0.15) is 0 Å². The molecule has 0 spiro atoms. The summed E-state index contributed by atoms with van der Waals surface area (Å²) in [4.78, 5) is 28.3. The molecule has 264 valence electrons. The molecule has 2 unspecified atom stereocenters. The number of Topliss-reactive ketones (excluding diaryl/α,β-unsaturated/α-hetero) is 2. The number of carbonyl (C=O) groups is 2. The number of phenolic OH excluding ortho intramolecular Hbond substituents is 8. The molecular formula is C40H38O11. The molecule has 51 heavy (non-hydrogen) atoms. The molecule has 0 bridgehead atoms. The molecule has 1 aliphatic carbocycles. The molecule has 0 aromatic heterocycles. The third-order valence-corrected chi connectivity index (χ3v) is 9.59. The largest absolute Gasteiger partial charge is 0.508 e. The third kappa shape index (κ3) is 6.74. The van der Waals surface area contributed by atoms with Crippen molar-refractivity contribution in [2.45, 2.75) is 57.5 Å². The molecule has 4 aromatic carbocycles. The zero-order valence-corrected chi connectivity index (χ0v) is 27.9. The highest BCUT2D eigenvalue weighted by molar-refractivity contribution is 6.04. The van der Waals surface area contributed by atoms with Gasteiger partial charge >= 0.3 is 0 Å². The maximum Gasteiger partial charge on any atom is 0.174 e. The molecule has 0 saturated heterocycles. The molecule has 8 N–H and O–H groups in total. The summed E-state index contributed by atoms with van der Waals surface area (Å²) in [5.41, 5.74) is 1.91. The molecule has 11 heteroatoms. The summed E-state index contributed by atoms with van der Waals surface area (Å²) in [6, 6.07) is 12.5. The van der Waals surface area contributed by atoms with Crippen LogP contribution in [0.5, 0.6) is 51.7 Å². The normalized spacial score (nSPS) is 19.8. The fourth-order valence-electron chi connectivity index (χ4n) is 7.26. The van der Waals surface area contributed by atoms with E-state index in [9.17, 15) is 50.4 Å². The number of phenols is 8. The lowest BCUT2D eigenvalue weighted by molar-refractivity contribution is 0.0841. The van der Waals surface area contributed by atoms with Crippen LogP contribution in [0.25, 0.3) is 0 Å².